The summed E-state index contributed by atoms with van der Waals surface area (Å²) in [6, 6.07) is 0. The van der Waals surface area contributed by atoms with Crippen molar-refractivity contribution >= 4 is 10.4 Å². The van der Waals surface area contributed by atoms with Crippen molar-refractivity contribution in [3.05, 3.63) is 0 Å². The van der Waals surface area contributed by atoms with Crippen LogP contribution in [0.1, 0.15) is 0 Å². The normalized spacial score (nSPS) is 8.29. The van der Waals surface area contributed by atoms with Crippen molar-refractivity contribution in [3.63, 3.8) is 0 Å². The smallest absolute Gasteiger partial charge is 0.759 e. The Morgan fingerprint density at radius 2 is 1.00 bits per heavy atom. The fourth-order valence-corrected chi connectivity index (χ4v) is 0. The van der Waals surface area contributed by atoms with Crippen LogP contribution in [0.5, 0.6) is 0 Å². The molecule has 0 aromatic heterocycles. The summed E-state index contributed by atoms with van der Waals surface area (Å²) in [7, 11) is -5.17. The standard InChI is InChI=1S/2Na.H2O4S/c;;1-5(2,3)4/h;;(H2,1,2,3,4)/q2*+1;/p-2/i;;5+3. The minimum absolute atomic E-state index is 0. The molecule has 0 bridgehead atoms. The Labute approximate surface area is 85.8 Å². The van der Waals surface area contributed by atoms with Crippen molar-refractivity contribution in [1.29, 1.82) is 0 Å². The molecule has 4 nitrogen and oxygen atoms in total. The Balaban J connectivity index is -0.0000000800. The summed E-state index contributed by atoms with van der Waals surface area (Å²) in [6.45, 7) is 0. The zero-order valence-electron chi connectivity index (χ0n) is 4.04. The van der Waals surface area contributed by atoms with Crippen molar-refractivity contribution in [2.75, 3.05) is 0 Å². The van der Waals surface area contributed by atoms with Gasteiger partial charge in [-0.2, -0.15) is 0 Å². The van der Waals surface area contributed by atoms with E-state index >= 15 is 0 Å². The molecule has 0 N–H and O–H groups in total. The molecule has 0 aliphatic carbocycles. The molecule has 7 heavy (non-hydrogen) atoms. The van der Waals surface area contributed by atoms with E-state index in [9.17, 15) is 0 Å². The second-order valence-corrected chi connectivity index (χ2v) is 1.22. The molecule has 0 atom stereocenters. The van der Waals surface area contributed by atoms with Crippen LogP contribution in [0.25, 0.3) is 0 Å². The molecule has 0 heterocycles. The molecule has 0 aliphatic rings. The van der Waals surface area contributed by atoms with Crippen LogP contribution in [0.2, 0.25) is 0 Å². The summed E-state index contributed by atoms with van der Waals surface area (Å²) in [5.41, 5.74) is 0. The van der Waals surface area contributed by atoms with Gasteiger partial charge in [0.2, 0.25) is 0 Å². The molecule has 7 heteroatoms. The Hall–Kier alpha value is 1.87. The van der Waals surface area contributed by atoms with Gasteiger partial charge in [0.25, 0.3) is 0 Å². The third kappa shape index (κ3) is 77.5. The molecule has 0 aromatic carbocycles. The second-order valence-electron chi connectivity index (χ2n) is 0.408. The summed E-state index contributed by atoms with van der Waals surface area (Å²) >= 11 is 0. The number of hydrogen-bond acceptors (Lipinski definition) is 4. The van der Waals surface area contributed by atoms with Crippen LogP contribution in [0.3, 0.4) is 0 Å². The average molecular weight is 145 g/mol. The van der Waals surface area contributed by atoms with Gasteiger partial charge >= 0.3 is 59.1 Å². The Kier molecular flexibility index (Phi) is 13.7. The van der Waals surface area contributed by atoms with E-state index in [0.29, 0.717) is 0 Å². The van der Waals surface area contributed by atoms with Gasteiger partial charge in [0.05, 0.1) is 0 Å². The van der Waals surface area contributed by atoms with E-state index < -0.39 is 10.4 Å². The fourth-order valence-electron chi connectivity index (χ4n) is 0. The first-order valence-corrected chi connectivity index (χ1v) is 2.00. The van der Waals surface area contributed by atoms with Crippen LogP contribution >= 0.6 is 0 Å². The predicted octanol–water partition coefficient (Wildman–Crippen LogP) is -7.33. The average Bonchev–Trinajstić information content (AvgIpc) is 0.722. The fraction of sp³-hybridized carbons (Fsp3) is 0. The number of rotatable bonds is 0. The van der Waals surface area contributed by atoms with Gasteiger partial charge in [0.1, 0.15) is 0 Å². The van der Waals surface area contributed by atoms with Gasteiger partial charge in [-0.1, -0.05) is 0 Å². The minimum Gasteiger partial charge on any atom is -0.759 e. The summed E-state index contributed by atoms with van der Waals surface area (Å²) < 4.78 is 34.1. The Bertz CT molecular complexity index is 92.9. The minimum atomic E-state index is -5.17. The maximum absolute atomic E-state index is 8.52. The molecular weight excluding hydrogens is 145 g/mol. The van der Waals surface area contributed by atoms with E-state index in [4.69, 9.17) is 17.5 Å². The zero-order chi connectivity index (χ0) is 4.50. The predicted molar refractivity (Wildman–Crippen MR) is 10.5 cm³/mol. The van der Waals surface area contributed by atoms with E-state index in [1.807, 2.05) is 0 Å². The van der Waals surface area contributed by atoms with Crippen LogP contribution in [0.15, 0.2) is 0 Å². The molecule has 0 amide bonds. The molecule has 0 spiro atoms. The first kappa shape index (κ1) is 15.9. The van der Waals surface area contributed by atoms with Gasteiger partial charge in [-0.15, -0.1) is 0 Å². The van der Waals surface area contributed by atoms with Gasteiger partial charge in [-0.05, 0) is 0 Å². The summed E-state index contributed by atoms with van der Waals surface area (Å²) in [6.07, 6.45) is 0. The van der Waals surface area contributed by atoms with Crippen molar-refractivity contribution in [2.24, 2.45) is 0 Å². The van der Waals surface area contributed by atoms with Gasteiger partial charge in [-0.25, -0.2) is 0 Å². The van der Waals surface area contributed by atoms with Gasteiger partial charge in [0.15, 0.2) is 0 Å². The van der Waals surface area contributed by atoms with Crippen molar-refractivity contribution < 1.29 is 76.6 Å². The molecule has 0 rings (SSSR count). The Morgan fingerprint density at radius 3 is 1.00 bits per heavy atom. The van der Waals surface area contributed by atoms with E-state index in [0.717, 1.165) is 0 Å². The molecule has 0 aromatic rings. The molecule has 32 valence electrons. The van der Waals surface area contributed by atoms with Gasteiger partial charge in [-0.3, -0.25) is 8.42 Å². The summed E-state index contributed by atoms with van der Waals surface area (Å²) in [5, 5.41) is 0. The van der Waals surface area contributed by atoms with Crippen LogP contribution in [0, 0.1) is 0 Å². The van der Waals surface area contributed by atoms with E-state index in [2.05, 4.69) is 0 Å². The Morgan fingerprint density at radius 1 is 1.00 bits per heavy atom. The molecule has 0 saturated heterocycles. The van der Waals surface area contributed by atoms with Crippen molar-refractivity contribution in [2.45, 2.75) is 0 Å². The van der Waals surface area contributed by atoms with E-state index in [1.165, 1.54) is 0 Å². The first-order valence-electron chi connectivity index (χ1n) is 0.667. The van der Waals surface area contributed by atoms with Gasteiger partial charge in [0, 0.05) is 10.4 Å². The topological polar surface area (TPSA) is 80.3 Å². The maximum atomic E-state index is 8.52. The van der Waals surface area contributed by atoms with Crippen LogP contribution in [-0.2, 0) is 10.4 Å². The monoisotopic (exact) mass is 145 g/mol. The van der Waals surface area contributed by atoms with Crippen LogP contribution in [-0.4, -0.2) is 17.5 Å². The van der Waals surface area contributed by atoms with E-state index in [-0.39, 0.29) is 59.1 Å². The van der Waals surface area contributed by atoms with Crippen molar-refractivity contribution in [3.8, 4) is 0 Å². The maximum Gasteiger partial charge on any atom is 1.00 e. The number of hydrogen-bond donors (Lipinski definition) is 0. The molecule has 0 radical (unpaired) electrons. The van der Waals surface area contributed by atoms with Gasteiger partial charge < -0.3 is 9.11 Å². The summed E-state index contributed by atoms with van der Waals surface area (Å²) in [5.74, 6) is 0. The molecule has 0 fully saturated rings. The quantitative estimate of drug-likeness (QED) is 0.192. The SMILES string of the molecule is O=[35S](=O)([O-])[O-].[Na+].[Na+]. The zero-order valence-corrected chi connectivity index (χ0v) is 8.86. The van der Waals surface area contributed by atoms with E-state index in [1.54, 1.807) is 0 Å². The van der Waals surface area contributed by atoms with Crippen LogP contribution < -0.4 is 59.1 Å². The molecule has 0 aliphatic heterocycles. The van der Waals surface area contributed by atoms with Crippen LogP contribution in [0.4, 0.5) is 0 Å². The largest absolute Gasteiger partial charge is 1.00 e. The molecular formula is Na2O4S. The van der Waals surface area contributed by atoms with Crippen molar-refractivity contribution in [1.82, 2.24) is 0 Å². The first-order chi connectivity index (χ1) is 2.00. The molecule has 0 saturated carbocycles. The third-order valence-corrected chi connectivity index (χ3v) is 0. The third-order valence-electron chi connectivity index (χ3n) is 0. The summed E-state index contributed by atoms with van der Waals surface area (Å²) in [4.78, 5) is 0. The molecule has 0 unspecified atom stereocenters. The second kappa shape index (κ2) is 6.00.